The average molecular weight is 337 g/mol. The van der Waals surface area contributed by atoms with E-state index >= 15 is 0 Å². The van der Waals surface area contributed by atoms with E-state index in [0.29, 0.717) is 19.2 Å². The number of halogens is 1. The van der Waals surface area contributed by atoms with Gasteiger partial charge in [-0.1, -0.05) is 23.7 Å². The molecule has 0 amide bonds. The molecule has 2 aromatic rings. The highest BCUT2D eigenvalue weighted by Gasteiger charge is 2.18. The minimum Gasteiger partial charge on any atom is -0.390 e. The highest BCUT2D eigenvalue weighted by molar-refractivity contribution is 6.35. The molecular weight excluding hydrogens is 312 g/mol. The molecule has 0 aliphatic carbocycles. The minimum absolute atomic E-state index is 0.299. The third-order valence-corrected chi connectivity index (χ3v) is 5.08. The number of ether oxygens (including phenoxy) is 1. The Hall–Kier alpha value is -1.07. The predicted octanol–water partition coefficient (Wildman–Crippen LogP) is 3.04. The maximum atomic E-state index is 10.4. The molecule has 0 spiro atoms. The van der Waals surface area contributed by atoms with Gasteiger partial charge in [-0.15, -0.1) is 0 Å². The van der Waals surface area contributed by atoms with Gasteiger partial charge in [0.15, 0.2) is 0 Å². The van der Waals surface area contributed by atoms with Crippen molar-refractivity contribution in [2.75, 3.05) is 19.7 Å². The number of para-hydroxylation sites is 1. The lowest BCUT2D eigenvalue weighted by Gasteiger charge is -2.17. The number of benzene rings is 1. The van der Waals surface area contributed by atoms with Gasteiger partial charge in [-0.05, 0) is 38.3 Å². The highest BCUT2D eigenvalue weighted by Crippen LogP contribution is 2.30. The van der Waals surface area contributed by atoms with Crippen molar-refractivity contribution in [3.63, 3.8) is 0 Å². The van der Waals surface area contributed by atoms with E-state index in [4.69, 9.17) is 16.3 Å². The molecule has 2 heterocycles. The monoisotopic (exact) mass is 336 g/mol. The molecule has 2 unspecified atom stereocenters. The minimum atomic E-state index is -0.457. The standard InChI is InChI=1S/C18H25ClN2O2/c1-12-13(2)21(18-16(12)6-3-7-17(18)19)11-14(22)9-20-10-15-5-4-8-23-15/h3,6-7,14-15,20,22H,4-5,8-11H2,1-2H3. The van der Waals surface area contributed by atoms with Crippen LogP contribution < -0.4 is 5.32 Å². The van der Waals surface area contributed by atoms with Crippen LogP contribution in [0.4, 0.5) is 0 Å². The molecule has 1 aromatic carbocycles. The lowest BCUT2D eigenvalue weighted by Crippen LogP contribution is -2.35. The van der Waals surface area contributed by atoms with Crippen LogP contribution in [0.2, 0.25) is 5.02 Å². The molecule has 126 valence electrons. The van der Waals surface area contributed by atoms with Crippen molar-refractivity contribution in [2.45, 2.75) is 45.4 Å². The quantitative estimate of drug-likeness (QED) is 0.852. The Morgan fingerprint density at radius 2 is 2.26 bits per heavy atom. The number of nitrogens with zero attached hydrogens (tertiary/aromatic N) is 1. The van der Waals surface area contributed by atoms with Crippen molar-refractivity contribution in [1.29, 1.82) is 0 Å². The molecule has 0 bridgehead atoms. The first-order chi connectivity index (χ1) is 11.1. The summed E-state index contributed by atoms with van der Waals surface area (Å²) in [4.78, 5) is 0. The molecule has 5 heteroatoms. The molecule has 1 fully saturated rings. The summed E-state index contributed by atoms with van der Waals surface area (Å²) in [5.74, 6) is 0. The number of aryl methyl sites for hydroxylation is 1. The van der Waals surface area contributed by atoms with Crippen molar-refractivity contribution in [3.8, 4) is 0 Å². The van der Waals surface area contributed by atoms with Crippen LogP contribution in [0.3, 0.4) is 0 Å². The second-order valence-corrected chi connectivity index (χ2v) is 6.81. The molecule has 1 aliphatic heterocycles. The normalized spacial score (nSPS) is 19.6. The average Bonchev–Trinajstić information content (AvgIpc) is 3.12. The van der Waals surface area contributed by atoms with Crippen LogP contribution in [0.15, 0.2) is 18.2 Å². The Morgan fingerprint density at radius 3 is 3.00 bits per heavy atom. The van der Waals surface area contributed by atoms with Gasteiger partial charge in [0.05, 0.1) is 29.3 Å². The van der Waals surface area contributed by atoms with Gasteiger partial charge >= 0.3 is 0 Å². The fraction of sp³-hybridized carbons (Fsp3) is 0.556. The van der Waals surface area contributed by atoms with Gasteiger partial charge in [0.2, 0.25) is 0 Å². The van der Waals surface area contributed by atoms with Crippen LogP contribution >= 0.6 is 11.6 Å². The molecule has 23 heavy (non-hydrogen) atoms. The summed E-state index contributed by atoms with van der Waals surface area (Å²) in [6.07, 6.45) is 2.09. The van der Waals surface area contributed by atoms with Gasteiger partial charge in [0, 0.05) is 30.8 Å². The topological polar surface area (TPSA) is 46.4 Å². The van der Waals surface area contributed by atoms with Crippen LogP contribution in [0.1, 0.15) is 24.1 Å². The smallest absolute Gasteiger partial charge is 0.0843 e. The third-order valence-electron chi connectivity index (χ3n) is 4.78. The number of fused-ring (bicyclic) bond motifs is 1. The number of hydrogen-bond donors (Lipinski definition) is 2. The van der Waals surface area contributed by atoms with E-state index in [0.717, 1.165) is 47.6 Å². The lowest BCUT2D eigenvalue weighted by atomic mass is 10.2. The molecule has 3 rings (SSSR count). The summed E-state index contributed by atoms with van der Waals surface area (Å²) < 4.78 is 7.71. The summed E-state index contributed by atoms with van der Waals surface area (Å²) >= 11 is 6.39. The zero-order chi connectivity index (χ0) is 16.4. The van der Waals surface area contributed by atoms with Crippen molar-refractivity contribution >= 4 is 22.5 Å². The van der Waals surface area contributed by atoms with E-state index in [1.165, 1.54) is 5.56 Å². The largest absolute Gasteiger partial charge is 0.390 e. The predicted molar refractivity (Wildman–Crippen MR) is 94.3 cm³/mol. The molecule has 2 N–H and O–H groups in total. The number of aromatic nitrogens is 1. The molecule has 1 saturated heterocycles. The van der Waals surface area contributed by atoms with E-state index in [1.807, 2.05) is 12.1 Å². The number of nitrogens with one attached hydrogen (secondary N) is 1. The first-order valence-electron chi connectivity index (χ1n) is 8.32. The fourth-order valence-electron chi connectivity index (χ4n) is 3.38. The van der Waals surface area contributed by atoms with E-state index in [9.17, 15) is 5.11 Å². The highest BCUT2D eigenvalue weighted by atomic mass is 35.5. The van der Waals surface area contributed by atoms with Crippen LogP contribution in [0, 0.1) is 13.8 Å². The molecule has 4 nitrogen and oxygen atoms in total. The molecule has 1 aliphatic rings. The number of hydrogen-bond acceptors (Lipinski definition) is 3. The van der Waals surface area contributed by atoms with E-state index in [2.05, 4.69) is 29.8 Å². The van der Waals surface area contributed by atoms with Crippen LogP contribution in [0.25, 0.3) is 10.9 Å². The van der Waals surface area contributed by atoms with Crippen molar-refractivity contribution in [2.24, 2.45) is 0 Å². The van der Waals surface area contributed by atoms with Crippen LogP contribution in [0.5, 0.6) is 0 Å². The van der Waals surface area contributed by atoms with Gasteiger partial charge in [-0.3, -0.25) is 0 Å². The van der Waals surface area contributed by atoms with E-state index in [-0.39, 0.29) is 0 Å². The Kier molecular flexibility index (Phi) is 5.27. The zero-order valence-electron chi connectivity index (χ0n) is 13.8. The van der Waals surface area contributed by atoms with Crippen molar-refractivity contribution in [3.05, 3.63) is 34.5 Å². The Labute approximate surface area is 142 Å². The summed E-state index contributed by atoms with van der Waals surface area (Å²) in [6, 6.07) is 5.96. The summed E-state index contributed by atoms with van der Waals surface area (Å²) in [7, 11) is 0. The summed E-state index contributed by atoms with van der Waals surface area (Å²) in [5, 5.41) is 15.6. The van der Waals surface area contributed by atoms with Gasteiger partial charge in [0.1, 0.15) is 0 Å². The summed E-state index contributed by atoms with van der Waals surface area (Å²) in [6.45, 7) is 6.95. The Morgan fingerprint density at radius 1 is 1.43 bits per heavy atom. The number of aliphatic hydroxyl groups excluding tert-OH is 1. The van der Waals surface area contributed by atoms with Crippen molar-refractivity contribution < 1.29 is 9.84 Å². The Balaban J connectivity index is 1.67. The molecule has 0 radical (unpaired) electrons. The molecule has 1 aromatic heterocycles. The number of aliphatic hydroxyl groups is 1. The SMILES string of the molecule is Cc1c(C)n(CC(O)CNCC2CCCO2)c2c(Cl)cccc12. The Bertz CT molecular complexity index is 677. The van der Waals surface area contributed by atoms with Crippen LogP contribution in [-0.2, 0) is 11.3 Å². The fourth-order valence-corrected chi connectivity index (χ4v) is 3.65. The lowest BCUT2D eigenvalue weighted by molar-refractivity contribution is 0.101. The maximum absolute atomic E-state index is 10.4. The van der Waals surface area contributed by atoms with Gasteiger partial charge in [0.25, 0.3) is 0 Å². The second-order valence-electron chi connectivity index (χ2n) is 6.40. The second kappa shape index (κ2) is 7.22. The molecule has 0 saturated carbocycles. The molecule has 2 atom stereocenters. The maximum Gasteiger partial charge on any atom is 0.0843 e. The van der Waals surface area contributed by atoms with Crippen LogP contribution in [-0.4, -0.2) is 41.6 Å². The van der Waals surface area contributed by atoms with Gasteiger partial charge < -0.3 is 19.7 Å². The van der Waals surface area contributed by atoms with Gasteiger partial charge in [-0.2, -0.15) is 0 Å². The van der Waals surface area contributed by atoms with Gasteiger partial charge in [-0.25, -0.2) is 0 Å². The van der Waals surface area contributed by atoms with Crippen molar-refractivity contribution in [1.82, 2.24) is 9.88 Å². The van der Waals surface area contributed by atoms with E-state index in [1.54, 1.807) is 0 Å². The molecular formula is C18H25ClN2O2. The zero-order valence-corrected chi connectivity index (χ0v) is 14.6. The third kappa shape index (κ3) is 3.56. The first kappa shape index (κ1) is 16.8. The number of rotatable bonds is 6. The van der Waals surface area contributed by atoms with E-state index < -0.39 is 6.10 Å². The first-order valence-corrected chi connectivity index (χ1v) is 8.70. The summed E-state index contributed by atoms with van der Waals surface area (Å²) in [5.41, 5.74) is 3.40.